The first-order chi connectivity index (χ1) is 13.0. The Labute approximate surface area is 164 Å². The summed E-state index contributed by atoms with van der Waals surface area (Å²) in [4.78, 5) is 0.0854. The molecule has 0 saturated carbocycles. The van der Waals surface area contributed by atoms with E-state index in [4.69, 9.17) is 11.6 Å². The van der Waals surface area contributed by atoms with Crippen molar-refractivity contribution in [2.24, 2.45) is 0 Å². The lowest BCUT2D eigenvalue weighted by Crippen LogP contribution is -2.05. The first-order valence-electron chi connectivity index (χ1n) is 7.94. The first-order valence-corrected chi connectivity index (χ1v) is 10.2. The highest BCUT2D eigenvalue weighted by molar-refractivity contribution is 7.90. The van der Waals surface area contributed by atoms with Gasteiger partial charge in [0, 0.05) is 6.26 Å². The lowest BCUT2D eigenvalue weighted by atomic mass is 9.92. The van der Waals surface area contributed by atoms with Crippen LogP contribution in [0.5, 0.6) is 0 Å². The van der Waals surface area contributed by atoms with Gasteiger partial charge in [-0.1, -0.05) is 35.9 Å². The number of hydrogen-bond acceptors (Lipinski definition) is 2. The number of alkyl halides is 3. The minimum absolute atomic E-state index is 0.0854. The molecule has 8 heteroatoms. The summed E-state index contributed by atoms with van der Waals surface area (Å²) in [6.45, 7) is 0. The van der Waals surface area contributed by atoms with E-state index in [-0.39, 0.29) is 21.0 Å². The van der Waals surface area contributed by atoms with Gasteiger partial charge in [-0.15, -0.1) is 0 Å². The maximum absolute atomic E-state index is 13.9. The third-order valence-corrected chi connectivity index (χ3v) is 5.61. The zero-order valence-electron chi connectivity index (χ0n) is 14.4. The molecule has 0 amide bonds. The summed E-state index contributed by atoms with van der Waals surface area (Å²) in [5.74, 6) is -0.755. The Hall–Kier alpha value is -2.38. The van der Waals surface area contributed by atoms with Gasteiger partial charge in [0.25, 0.3) is 0 Å². The Bertz CT molecular complexity index is 1140. The molecule has 146 valence electrons. The molecule has 0 aliphatic rings. The maximum Gasteiger partial charge on any atom is 0.416 e. The SMILES string of the molecule is CS(=O)(=O)c1ccc(-c2ccc(C(F)(F)F)cc2-c2ccc(Cl)c(F)c2)cc1. The zero-order chi connectivity index (χ0) is 20.7. The van der Waals surface area contributed by atoms with Crippen LogP contribution in [0.15, 0.2) is 65.6 Å². The van der Waals surface area contributed by atoms with Crippen molar-refractivity contribution in [1.29, 1.82) is 0 Å². The summed E-state index contributed by atoms with van der Waals surface area (Å²) in [5.41, 5.74) is 0.378. The van der Waals surface area contributed by atoms with Gasteiger partial charge in [0.1, 0.15) is 5.82 Å². The fraction of sp³-hybridized carbons (Fsp3) is 0.100. The van der Waals surface area contributed by atoms with E-state index < -0.39 is 27.4 Å². The van der Waals surface area contributed by atoms with Crippen LogP contribution >= 0.6 is 11.6 Å². The van der Waals surface area contributed by atoms with Crippen molar-refractivity contribution in [3.8, 4) is 22.3 Å². The van der Waals surface area contributed by atoms with E-state index in [0.717, 1.165) is 24.5 Å². The molecule has 0 aliphatic carbocycles. The highest BCUT2D eigenvalue weighted by Gasteiger charge is 2.31. The second-order valence-corrected chi connectivity index (χ2v) is 8.61. The van der Waals surface area contributed by atoms with Crippen LogP contribution in [0.3, 0.4) is 0 Å². The Morgan fingerprint density at radius 2 is 1.43 bits per heavy atom. The molecule has 3 aromatic carbocycles. The third-order valence-electron chi connectivity index (χ3n) is 4.17. The van der Waals surface area contributed by atoms with E-state index in [0.29, 0.717) is 11.1 Å². The molecule has 0 radical (unpaired) electrons. The topological polar surface area (TPSA) is 34.1 Å². The van der Waals surface area contributed by atoms with Gasteiger partial charge in [-0.05, 0) is 58.7 Å². The van der Waals surface area contributed by atoms with Crippen LogP contribution < -0.4 is 0 Å². The fourth-order valence-corrected chi connectivity index (χ4v) is 3.50. The molecular weight excluding hydrogens is 416 g/mol. The Morgan fingerprint density at radius 1 is 0.821 bits per heavy atom. The van der Waals surface area contributed by atoms with Crippen molar-refractivity contribution in [3.63, 3.8) is 0 Å². The average Bonchev–Trinajstić information content (AvgIpc) is 2.62. The molecule has 0 bridgehead atoms. The van der Waals surface area contributed by atoms with Crippen molar-refractivity contribution in [2.75, 3.05) is 6.26 Å². The highest BCUT2D eigenvalue weighted by Crippen LogP contribution is 2.39. The molecule has 0 spiro atoms. The van der Waals surface area contributed by atoms with Crippen molar-refractivity contribution < 1.29 is 26.0 Å². The largest absolute Gasteiger partial charge is 0.416 e. The molecule has 0 N–H and O–H groups in total. The number of sulfone groups is 1. The van der Waals surface area contributed by atoms with Crippen LogP contribution in [0.4, 0.5) is 17.6 Å². The van der Waals surface area contributed by atoms with E-state index in [2.05, 4.69) is 0 Å². The summed E-state index contributed by atoms with van der Waals surface area (Å²) >= 11 is 5.68. The Morgan fingerprint density at radius 3 is 1.96 bits per heavy atom. The average molecular weight is 429 g/mol. The molecule has 28 heavy (non-hydrogen) atoms. The fourth-order valence-electron chi connectivity index (χ4n) is 2.76. The smallest absolute Gasteiger partial charge is 0.224 e. The summed E-state index contributed by atoms with van der Waals surface area (Å²) in [6.07, 6.45) is -3.51. The standard InChI is InChI=1S/C20H13ClF4O2S/c1-28(26,27)15-6-2-12(3-7-15)16-8-5-14(20(23,24)25)11-17(16)13-4-9-18(21)19(22)10-13/h2-11H,1H3. The summed E-state index contributed by atoms with van der Waals surface area (Å²) in [6, 6.07) is 12.6. The van der Waals surface area contributed by atoms with Crippen LogP contribution in [0.2, 0.25) is 5.02 Å². The van der Waals surface area contributed by atoms with Gasteiger partial charge in [0.05, 0.1) is 15.5 Å². The van der Waals surface area contributed by atoms with Crippen molar-refractivity contribution in [1.82, 2.24) is 0 Å². The molecule has 0 unspecified atom stereocenters. The van der Waals surface area contributed by atoms with Crippen molar-refractivity contribution in [2.45, 2.75) is 11.1 Å². The van der Waals surface area contributed by atoms with Gasteiger partial charge in [-0.25, -0.2) is 12.8 Å². The van der Waals surface area contributed by atoms with Crippen LogP contribution in [0, 0.1) is 5.82 Å². The Balaban J connectivity index is 2.21. The highest BCUT2D eigenvalue weighted by atomic mass is 35.5. The van der Waals surface area contributed by atoms with Crippen LogP contribution in [-0.2, 0) is 16.0 Å². The van der Waals surface area contributed by atoms with Gasteiger partial charge in [0.2, 0.25) is 0 Å². The van der Waals surface area contributed by atoms with Crippen LogP contribution in [-0.4, -0.2) is 14.7 Å². The van der Waals surface area contributed by atoms with E-state index in [1.807, 2.05) is 0 Å². The molecule has 0 heterocycles. The summed E-state index contributed by atoms with van der Waals surface area (Å²) in [5, 5.41) is -0.144. The lowest BCUT2D eigenvalue weighted by Gasteiger charge is -2.15. The minimum atomic E-state index is -4.57. The van der Waals surface area contributed by atoms with E-state index in [9.17, 15) is 26.0 Å². The minimum Gasteiger partial charge on any atom is -0.224 e. The third kappa shape index (κ3) is 4.20. The van der Waals surface area contributed by atoms with E-state index in [1.165, 1.54) is 42.5 Å². The summed E-state index contributed by atoms with van der Waals surface area (Å²) < 4.78 is 76.7. The molecule has 0 saturated heterocycles. The number of rotatable bonds is 3. The van der Waals surface area contributed by atoms with Gasteiger partial charge in [0.15, 0.2) is 9.84 Å². The zero-order valence-corrected chi connectivity index (χ0v) is 16.0. The molecular formula is C20H13ClF4O2S. The molecule has 3 aromatic rings. The van der Waals surface area contributed by atoms with Crippen LogP contribution in [0.1, 0.15) is 5.56 Å². The molecule has 0 atom stereocenters. The van der Waals surface area contributed by atoms with Crippen molar-refractivity contribution in [3.05, 3.63) is 77.1 Å². The Kier molecular flexibility index (Phi) is 5.25. The monoisotopic (exact) mass is 428 g/mol. The molecule has 3 rings (SSSR count). The summed E-state index contributed by atoms with van der Waals surface area (Å²) in [7, 11) is -3.41. The van der Waals surface area contributed by atoms with Gasteiger partial charge in [-0.2, -0.15) is 13.2 Å². The maximum atomic E-state index is 13.9. The number of benzene rings is 3. The first kappa shape index (κ1) is 20.4. The van der Waals surface area contributed by atoms with Crippen molar-refractivity contribution >= 4 is 21.4 Å². The second kappa shape index (κ2) is 7.22. The molecule has 0 fully saturated rings. The lowest BCUT2D eigenvalue weighted by molar-refractivity contribution is -0.137. The van der Waals surface area contributed by atoms with Gasteiger partial charge >= 0.3 is 6.18 Å². The molecule has 2 nitrogen and oxygen atoms in total. The van der Waals surface area contributed by atoms with Gasteiger partial charge < -0.3 is 0 Å². The second-order valence-electron chi connectivity index (χ2n) is 6.18. The van der Waals surface area contributed by atoms with Crippen LogP contribution in [0.25, 0.3) is 22.3 Å². The predicted octanol–water partition coefficient (Wildman–Crippen LogP) is 6.24. The normalized spacial score (nSPS) is 12.2. The number of hydrogen-bond donors (Lipinski definition) is 0. The van der Waals surface area contributed by atoms with E-state index >= 15 is 0 Å². The quantitative estimate of drug-likeness (QED) is 0.463. The molecule has 0 aromatic heterocycles. The number of halogens is 5. The van der Waals surface area contributed by atoms with E-state index in [1.54, 1.807) is 0 Å². The predicted molar refractivity (Wildman–Crippen MR) is 100 cm³/mol. The van der Waals surface area contributed by atoms with Gasteiger partial charge in [-0.3, -0.25) is 0 Å². The molecule has 0 aliphatic heterocycles.